The van der Waals surface area contributed by atoms with Gasteiger partial charge in [-0.2, -0.15) is 0 Å². The van der Waals surface area contributed by atoms with Crippen molar-refractivity contribution in [2.45, 2.75) is 26.8 Å². The molecule has 0 fully saturated rings. The molecule has 0 saturated carbocycles. The lowest BCUT2D eigenvalue weighted by Gasteiger charge is -2.04. The molecular formula is C13H17N3S. The van der Waals surface area contributed by atoms with Crippen molar-refractivity contribution in [1.29, 1.82) is 0 Å². The molecule has 0 aromatic carbocycles. The van der Waals surface area contributed by atoms with Crippen molar-refractivity contribution in [3.63, 3.8) is 0 Å². The minimum atomic E-state index is 0.880. The summed E-state index contributed by atoms with van der Waals surface area (Å²) in [5.74, 6) is 0. The topological polar surface area (TPSA) is 37.8 Å². The van der Waals surface area contributed by atoms with Crippen LogP contribution >= 0.6 is 11.3 Å². The number of hydrogen-bond acceptors (Lipinski definition) is 4. The van der Waals surface area contributed by atoms with Crippen LogP contribution in [0.15, 0.2) is 23.8 Å². The second-order valence-electron chi connectivity index (χ2n) is 4.10. The van der Waals surface area contributed by atoms with E-state index < -0.39 is 0 Å². The van der Waals surface area contributed by atoms with Crippen LogP contribution in [0.5, 0.6) is 0 Å². The number of nitrogens with one attached hydrogen (secondary N) is 1. The molecule has 2 heterocycles. The first kappa shape index (κ1) is 12.2. The molecule has 90 valence electrons. The first-order chi connectivity index (χ1) is 8.25. The van der Waals surface area contributed by atoms with Crippen molar-refractivity contribution in [2.75, 3.05) is 6.54 Å². The zero-order valence-electron chi connectivity index (χ0n) is 10.2. The maximum Gasteiger partial charge on any atom is 0.0797 e. The highest BCUT2D eigenvalue weighted by Gasteiger charge is 2.00. The second-order valence-corrected chi connectivity index (χ2v) is 5.03. The predicted molar refractivity (Wildman–Crippen MR) is 71.2 cm³/mol. The molecule has 0 aliphatic rings. The number of rotatable bonds is 5. The van der Waals surface area contributed by atoms with Crippen LogP contribution in [-0.4, -0.2) is 16.5 Å². The quantitative estimate of drug-likeness (QED) is 0.825. The molecule has 2 aromatic heterocycles. The van der Waals surface area contributed by atoms with Crippen LogP contribution in [0.2, 0.25) is 0 Å². The van der Waals surface area contributed by atoms with Gasteiger partial charge in [-0.3, -0.25) is 4.98 Å². The Labute approximate surface area is 106 Å². The van der Waals surface area contributed by atoms with Crippen molar-refractivity contribution in [3.8, 4) is 0 Å². The fraction of sp³-hybridized carbons (Fsp3) is 0.385. The standard InChI is InChI=1S/C13H17N3S/c1-10-3-4-12(8-15-10)7-14-6-5-13-11(2)16-9-17-13/h3-4,8-9,14H,5-7H2,1-2H3. The highest BCUT2D eigenvalue weighted by atomic mass is 32.1. The Bertz CT molecular complexity index is 462. The Morgan fingerprint density at radius 2 is 2.12 bits per heavy atom. The lowest BCUT2D eigenvalue weighted by molar-refractivity contribution is 0.686. The molecule has 0 saturated heterocycles. The van der Waals surface area contributed by atoms with E-state index in [2.05, 4.69) is 28.3 Å². The number of aromatic nitrogens is 2. The molecule has 0 bridgehead atoms. The summed E-state index contributed by atoms with van der Waals surface area (Å²) in [6.07, 6.45) is 2.98. The summed E-state index contributed by atoms with van der Waals surface area (Å²) >= 11 is 1.73. The maximum atomic E-state index is 4.27. The summed E-state index contributed by atoms with van der Waals surface area (Å²) in [5.41, 5.74) is 5.37. The normalized spacial score (nSPS) is 10.7. The van der Waals surface area contributed by atoms with Crippen LogP contribution in [0, 0.1) is 13.8 Å². The van der Waals surface area contributed by atoms with Crippen molar-refractivity contribution in [3.05, 3.63) is 45.7 Å². The average Bonchev–Trinajstić information content (AvgIpc) is 2.73. The van der Waals surface area contributed by atoms with Gasteiger partial charge >= 0.3 is 0 Å². The molecule has 0 unspecified atom stereocenters. The molecule has 17 heavy (non-hydrogen) atoms. The Kier molecular flexibility index (Phi) is 4.23. The van der Waals surface area contributed by atoms with Gasteiger partial charge in [0.1, 0.15) is 0 Å². The molecule has 0 radical (unpaired) electrons. The first-order valence-corrected chi connectivity index (χ1v) is 6.65. The Morgan fingerprint density at radius 1 is 1.24 bits per heavy atom. The zero-order chi connectivity index (χ0) is 12.1. The fourth-order valence-electron chi connectivity index (χ4n) is 1.60. The summed E-state index contributed by atoms with van der Waals surface area (Å²) < 4.78 is 0. The van der Waals surface area contributed by atoms with E-state index in [1.807, 2.05) is 24.7 Å². The Morgan fingerprint density at radius 3 is 2.76 bits per heavy atom. The van der Waals surface area contributed by atoms with Gasteiger partial charge in [0.2, 0.25) is 0 Å². The van der Waals surface area contributed by atoms with Crippen LogP contribution in [0.4, 0.5) is 0 Å². The number of aryl methyl sites for hydroxylation is 2. The summed E-state index contributed by atoms with van der Waals surface area (Å²) in [5, 5.41) is 3.43. The van der Waals surface area contributed by atoms with Crippen LogP contribution < -0.4 is 5.32 Å². The van der Waals surface area contributed by atoms with E-state index in [-0.39, 0.29) is 0 Å². The largest absolute Gasteiger partial charge is 0.312 e. The van der Waals surface area contributed by atoms with Gasteiger partial charge < -0.3 is 5.32 Å². The van der Waals surface area contributed by atoms with Gasteiger partial charge in [-0.1, -0.05) is 6.07 Å². The van der Waals surface area contributed by atoms with Gasteiger partial charge in [0, 0.05) is 29.9 Å². The van der Waals surface area contributed by atoms with E-state index >= 15 is 0 Å². The Balaban J connectivity index is 1.73. The van der Waals surface area contributed by atoms with E-state index in [0.29, 0.717) is 0 Å². The van der Waals surface area contributed by atoms with Crippen molar-refractivity contribution in [2.24, 2.45) is 0 Å². The van der Waals surface area contributed by atoms with Gasteiger partial charge in [0.15, 0.2) is 0 Å². The van der Waals surface area contributed by atoms with Gasteiger partial charge in [-0.25, -0.2) is 4.98 Å². The monoisotopic (exact) mass is 247 g/mol. The highest BCUT2D eigenvalue weighted by Crippen LogP contribution is 2.11. The predicted octanol–water partition coefficient (Wildman–Crippen LogP) is 2.49. The van der Waals surface area contributed by atoms with Crippen LogP contribution in [0.3, 0.4) is 0 Å². The molecule has 0 atom stereocenters. The molecule has 4 heteroatoms. The third-order valence-corrected chi connectivity index (χ3v) is 3.67. The SMILES string of the molecule is Cc1ccc(CNCCc2scnc2C)cn1. The highest BCUT2D eigenvalue weighted by molar-refractivity contribution is 7.09. The zero-order valence-corrected chi connectivity index (χ0v) is 11.0. The second kappa shape index (κ2) is 5.89. The maximum absolute atomic E-state index is 4.27. The van der Waals surface area contributed by atoms with Gasteiger partial charge in [0.25, 0.3) is 0 Å². The Hall–Kier alpha value is -1.26. The fourth-order valence-corrected chi connectivity index (χ4v) is 2.39. The number of nitrogens with zero attached hydrogens (tertiary/aromatic N) is 2. The number of thiazole rings is 1. The van der Waals surface area contributed by atoms with Crippen LogP contribution in [0.1, 0.15) is 21.8 Å². The molecule has 3 nitrogen and oxygen atoms in total. The summed E-state index contributed by atoms with van der Waals surface area (Å²) in [6.45, 7) is 5.93. The van der Waals surface area contributed by atoms with Crippen molar-refractivity contribution >= 4 is 11.3 Å². The smallest absolute Gasteiger partial charge is 0.0797 e. The minimum Gasteiger partial charge on any atom is -0.312 e. The first-order valence-electron chi connectivity index (χ1n) is 5.77. The minimum absolute atomic E-state index is 0.880. The van der Waals surface area contributed by atoms with Crippen LogP contribution in [-0.2, 0) is 13.0 Å². The van der Waals surface area contributed by atoms with Crippen molar-refractivity contribution in [1.82, 2.24) is 15.3 Å². The number of pyridine rings is 1. The van der Waals surface area contributed by atoms with Crippen LogP contribution in [0.25, 0.3) is 0 Å². The average molecular weight is 247 g/mol. The van der Waals surface area contributed by atoms with Gasteiger partial charge in [0.05, 0.1) is 11.2 Å². The third kappa shape index (κ3) is 3.61. The van der Waals surface area contributed by atoms with E-state index in [9.17, 15) is 0 Å². The molecule has 0 aliphatic carbocycles. The summed E-state index contributed by atoms with van der Waals surface area (Å²) in [7, 11) is 0. The number of hydrogen-bond donors (Lipinski definition) is 1. The molecule has 2 aromatic rings. The summed E-state index contributed by atoms with van der Waals surface area (Å²) in [4.78, 5) is 9.89. The third-order valence-electron chi connectivity index (χ3n) is 2.68. The van der Waals surface area contributed by atoms with E-state index in [0.717, 1.165) is 30.9 Å². The van der Waals surface area contributed by atoms with Gasteiger partial charge in [-0.15, -0.1) is 11.3 Å². The lowest BCUT2D eigenvalue weighted by Crippen LogP contribution is -2.16. The molecule has 2 rings (SSSR count). The molecule has 1 N–H and O–H groups in total. The molecular weight excluding hydrogens is 230 g/mol. The van der Waals surface area contributed by atoms with Gasteiger partial charge in [-0.05, 0) is 31.9 Å². The molecule has 0 amide bonds. The lowest BCUT2D eigenvalue weighted by atomic mass is 10.2. The van der Waals surface area contributed by atoms with E-state index in [4.69, 9.17) is 0 Å². The molecule has 0 aliphatic heterocycles. The van der Waals surface area contributed by atoms with E-state index in [1.165, 1.54) is 10.4 Å². The summed E-state index contributed by atoms with van der Waals surface area (Å²) in [6, 6.07) is 4.16. The van der Waals surface area contributed by atoms with E-state index in [1.54, 1.807) is 11.3 Å². The van der Waals surface area contributed by atoms with Crippen molar-refractivity contribution < 1.29 is 0 Å². The molecule has 0 spiro atoms.